The van der Waals surface area contributed by atoms with Crippen LogP contribution in [0.4, 0.5) is 4.79 Å². The van der Waals surface area contributed by atoms with Crippen molar-refractivity contribution >= 4 is 22.8 Å². The molecule has 8 heteroatoms. The Kier molecular flexibility index (Phi) is 6.16. The van der Waals surface area contributed by atoms with Crippen molar-refractivity contribution in [2.24, 2.45) is 0 Å². The molecular weight excluding hydrogens is 456 g/mol. The maximum Gasteiger partial charge on any atom is 0.328 e. The molecule has 2 aliphatic rings. The van der Waals surface area contributed by atoms with Crippen molar-refractivity contribution in [3.05, 3.63) is 59.3 Å². The number of urea groups is 1. The van der Waals surface area contributed by atoms with Gasteiger partial charge in [0.1, 0.15) is 23.1 Å². The second-order valence-corrected chi connectivity index (χ2v) is 9.87. The molecule has 1 fully saturated rings. The second kappa shape index (κ2) is 9.17. The van der Waals surface area contributed by atoms with Crippen molar-refractivity contribution in [2.45, 2.75) is 45.2 Å². The number of carbonyl (C=O) groups is 2. The van der Waals surface area contributed by atoms with Gasteiger partial charge < -0.3 is 19.7 Å². The Balaban J connectivity index is 1.60. The highest BCUT2D eigenvalue weighted by molar-refractivity contribution is 6.08. The molecule has 3 heterocycles. The van der Waals surface area contributed by atoms with Crippen LogP contribution in [0.15, 0.2) is 42.5 Å². The van der Waals surface area contributed by atoms with E-state index in [9.17, 15) is 14.7 Å². The first kappa shape index (κ1) is 24.2. The molecule has 3 amide bonds. The minimum absolute atomic E-state index is 0.119. The van der Waals surface area contributed by atoms with Gasteiger partial charge in [-0.05, 0) is 74.4 Å². The van der Waals surface area contributed by atoms with E-state index in [1.165, 1.54) is 4.90 Å². The first-order chi connectivity index (χ1) is 17.3. The summed E-state index contributed by atoms with van der Waals surface area (Å²) in [4.78, 5) is 36.7. The van der Waals surface area contributed by atoms with Gasteiger partial charge in [0, 0.05) is 29.6 Å². The van der Waals surface area contributed by atoms with E-state index >= 15 is 0 Å². The number of fused-ring (bicyclic) bond motifs is 4. The topological polar surface area (TPSA) is 89.1 Å². The molecule has 1 saturated heterocycles. The second-order valence-electron chi connectivity index (χ2n) is 9.87. The van der Waals surface area contributed by atoms with Crippen LogP contribution in [0.2, 0.25) is 0 Å². The molecule has 5 rings (SSSR count). The van der Waals surface area contributed by atoms with Crippen molar-refractivity contribution in [2.75, 3.05) is 33.3 Å². The highest BCUT2D eigenvalue weighted by atomic mass is 16.5. The number of nitrogens with one attached hydrogen (secondary N) is 1. The lowest BCUT2D eigenvalue weighted by molar-refractivity contribution is -0.133. The van der Waals surface area contributed by atoms with Crippen LogP contribution in [0.3, 0.4) is 0 Å². The Labute approximate surface area is 211 Å². The lowest BCUT2D eigenvalue weighted by Gasteiger charge is -2.42. The first-order valence-corrected chi connectivity index (χ1v) is 12.7. The fourth-order valence-corrected chi connectivity index (χ4v) is 5.85. The van der Waals surface area contributed by atoms with Crippen LogP contribution in [-0.4, -0.2) is 75.6 Å². The number of hydrogen-bond donors (Lipinski definition) is 2. The third-order valence-corrected chi connectivity index (χ3v) is 7.81. The van der Waals surface area contributed by atoms with E-state index in [4.69, 9.17) is 4.74 Å². The fourth-order valence-electron chi connectivity index (χ4n) is 5.85. The number of phenols is 1. The minimum atomic E-state index is -1.03. The molecule has 3 aromatic rings. The van der Waals surface area contributed by atoms with Crippen molar-refractivity contribution in [1.29, 1.82) is 0 Å². The molecule has 1 aromatic heterocycles. The number of hydrogen-bond acceptors (Lipinski definition) is 5. The van der Waals surface area contributed by atoms with Crippen LogP contribution in [0.5, 0.6) is 11.5 Å². The molecule has 0 saturated carbocycles. The van der Waals surface area contributed by atoms with Gasteiger partial charge in [-0.25, -0.2) is 4.79 Å². The highest BCUT2D eigenvalue weighted by Gasteiger charge is 2.60. The van der Waals surface area contributed by atoms with E-state index in [1.807, 2.05) is 31.2 Å². The van der Waals surface area contributed by atoms with Crippen molar-refractivity contribution in [1.82, 2.24) is 19.7 Å². The zero-order chi connectivity index (χ0) is 25.6. The predicted molar refractivity (Wildman–Crippen MR) is 138 cm³/mol. The maximum atomic E-state index is 13.9. The molecule has 36 heavy (non-hydrogen) atoms. The third-order valence-electron chi connectivity index (χ3n) is 7.81. The Hall–Kier alpha value is -3.52. The average Bonchev–Trinajstić information content (AvgIpc) is 3.32. The summed E-state index contributed by atoms with van der Waals surface area (Å²) >= 11 is 0. The Morgan fingerprint density at radius 3 is 2.64 bits per heavy atom. The number of aromatic hydroxyl groups is 1. The number of nitrogens with zero attached hydrogens (tertiary/aromatic N) is 3. The predicted octanol–water partition coefficient (Wildman–Crippen LogP) is 4.28. The molecule has 2 aliphatic heterocycles. The summed E-state index contributed by atoms with van der Waals surface area (Å²) in [6.07, 6.45) is 1.13. The lowest BCUT2D eigenvalue weighted by atomic mass is 9.81. The van der Waals surface area contributed by atoms with Gasteiger partial charge in [0.15, 0.2) is 0 Å². The first-order valence-electron chi connectivity index (χ1n) is 12.7. The monoisotopic (exact) mass is 490 g/mol. The lowest BCUT2D eigenvalue weighted by Crippen LogP contribution is -2.53. The highest BCUT2D eigenvalue weighted by Crippen LogP contribution is 2.49. The number of benzene rings is 2. The van der Waals surface area contributed by atoms with Crippen molar-refractivity contribution in [3.63, 3.8) is 0 Å². The molecule has 2 aromatic carbocycles. The molecule has 0 bridgehead atoms. The number of H-pyrrole nitrogens is 1. The summed E-state index contributed by atoms with van der Waals surface area (Å²) in [7, 11) is 1.63. The quantitative estimate of drug-likeness (QED) is 0.460. The number of carbonyl (C=O) groups excluding carboxylic acids is 2. The van der Waals surface area contributed by atoms with E-state index in [0.717, 1.165) is 59.5 Å². The molecule has 8 nitrogen and oxygen atoms in total. The summed E-state index contributed by atoms with van der Waals surface area (Å²) in [6, 6.07) is 12.0. The van der Waals surface area contributed by atoms with E-state index < -0.39 is 11.6 Å². The maximum absolute atomic E-state index is 13.9. The van der Waals surface area contributed by atoms with E-state index in [1.54, 1.807) is 30.2 Å². The normalized spacial score (nSPS) is 21.4. The third kappa shape index (κ3) is 3.71. The van der Waals surface area contributed by atoms with Gasteiger partial charge in [0.05, 0.1) is 7.11 Å². The molecule has 0 aliphatic carbocycles. The molecule has 2 unspecified atom stereocenters. The number of ether oxygens (including phenoxy) is 1. The van der Waals surface area contributed by atoms with Gasteiger partial charge in [-0.1, -0.05) is 26.0 Å². The molecule has 0 radical (unpaired) electrons. The van der Waals surface area contributed by atoms with Crippen molar-refractivity contribution < 1.29 is 19.4 Å². The van der Waals surface area contributed by atoms with Crippen LogP contribution in [-0.2, 0) is 11.2 Å². The van der Waals surface area contributed by atoms with E-state index in [0.29, 0.717) is 13.0 Å². The summed E-state index contributed by atoms with van der Waals surface area (Å²) in [6.45, 7) is 9.19. The van der Waals surface area contributed by atoms with Crippen LogP contribution >= 0.6 is 0 Å². The van der Waals surface area contributed by atoms with Crippen LogP contribution in [0.1, 0.15) is 50.1 Å². The van der Waals surface area contributed by atoms with Gasteiger partial charge in [-0.2, -0.15) is 0 Å². The molecular formula is C28H34N4O4. The van der Waals surface area contributed by atoms with Gasteiger partial charge in [0.2, 0.25) is 0 Å². The smallest absolute Gasteiger partial charge is 0.328 e. The van der Waals surface area contributed by atoms with Crippen LogP contribution < -0.4 is 4.74 Å². The van der Waals surface area contributed by atoms with Gasteiger partial charge >= 0.3 is 6.03 Å². The number of amides is 3. The average molecular weight is 491 g/mol. The summed E-state index contributed by atoms with van der Waals surface area (Å²) in [5.74, 6) is 0.686. The number of aromatic amines is 1. The van der Waals surface area contributed by atoms with Gasteiger partial charge in [-0.3, -0.25) is 14.6 Å². The summed E-state index contributed by atoms with van der Waals surface area (Å²) in [5, 5.41) is 11.3. The summed E-state index contributed by atoms with van der Waals surface area (Å²) in [5.41, 5.74) is 2.52. The van der Waals surface area contributed by atoms with E-state index in [-0.39, 0.29) is 17.7 Å². The Bertz CT molecular complexity index is 1310. The number of imide groups is 1. The number of methoxy groups -OCH3 is 1. The standard InChI is InChI=1S/C28H34N4O4/c1-5-30(6-2)13-8-14-31-26(34)28(3)17-22-21-16-20(36-4)11-12-23(21)29-24(22)25(32(28)27(31)35)18-9-7-10-19(33)15-18/h7,9-12,15-16,25,29,33H,5-6,8,13-14,17H2,1-4H3. The van der Waals surface area contributed by atoms with Gasteiger partial charge in [-0.15, -0.1) is 0 Å². The zero-order valence-electron chi connectivity index (χ0n) is 21.4. The molecule has 2 atom stereocenters. The fraction of sp³-hybridized carbons (Fsp3) is 0.429. The number of phenolic OH excluding ortho intramolecular Hbond substituents is 1. The zero-order valence-corrected chi connectivity index (χ0v) is 21.4. The van der Waals surface area contributed by atoms with Crippen LogP contribution in [0.25, 0.3) is 10.9 Å². The Morgan fingerprint density at radius 2 is 1.94 bits per heavy atom. The molecule has 190 valence electrons. The van der Waals surface area contributed by atoms with Crippen molar-refractivity contribution in [3.8, 4) is 11.5 Å². The minimum Gasteiger partial charge on any atom is -0.508 e. The molecule has 0 spiro atoms. The largest absolute Gasteiger partial charge is 0.508 e. The number of aromatic nitrogens is 1. The van der Waals surface area contributed by atoms with E-state index in [2.05, 4.69) is 23.7 Å². The van der Waals surface area contributed by atoms with Gasteiger partial charge in [0.25, 0.3) is 5.91 Å². The SMILES string of the molecule is CCN(CC)CCCN1C(=O)N2C(c3cccc(O)c3)c3[nH]c4ccc(OC)cc4c3CC2(C)C1=O. The Morgan fingerprint density at radius 1 is 1.17 bits per heavy atom. The summed E-state index contributed by atoms with van der Waals surface area (Å²) < 4.78 is 5.47. The number of rotatable bonds is 8. The van der Waals surface area contributed by atoms with Crippen LogP contribution in [0, 0.1) is 0 Å². The molecule has 2 N–H and O–H groups in total.